The molecule has 0 aromatic carbocycles. The van der Waals surface area contributed by atoms with Crippen LogP contribution in [0.2, 0.25) is 0 Å². The summed E-state index contributed by atoms with van der Waals surface area (Å²) >= 11 is 0. The minimum Gasteiger partial charge on any atom is -0.463 e. The topological polar surface area (TPSA) is 135 Å². The molecule has 10 nitrogen and oxygen atoms in total. The highest BCUT2D eigenvalue weighted by Crippen LogP contribution is 2.03. The normalized spacial score (nSPS) is 12.4. The largest absolute Gasteiger partial charge is 0.463 e. The van der Waals surface area contributed by atoms with Crippen molar-refractivity contribution >= 4 is 23.9 Å². The van der Waals surface area contributed by atoms with Gasteiger partial charge in [-0.2, -0.15) is 0 Å². The van der Waals surface area contributed by atoms with Crippen molar-refractivity contribution in [2.45, 2.75) is 52.1 Å². The number of esters is 4. The molecule has 0 aliphatic rings. The molecule has 31 heavy (non-hydrogen) atoms. The lowest BCUT2D eigenvalue weighted by molar-refractivity contribution is -0.156. The molecule has 0 fully saturated rings. The van der Waals surface area contributed by atoms with E-state index in [-0.39, 0.29) is 57.8 Å². The lowest BCUT2D eigenvalue weighted by Crippen LogP contribution is -2.24. The number of aliphatic hydroxyl groups excluding tert-OH is 1. The molecule has 0 spiro atoms. The highest BCUT2D eigenvalue weighted by atomic mass is 16.6. The second-order valence-electron chi connectivity index (χ2n) is 6.69. The van der Waals surface area contributed by atoms with Crippen LogP contribution in [0.4, 0.5) is 0 Å². The molecule has 0 aliphatic heterocycles. The van der Waals surface area contributed by atoms with E-state index in [0.717, 1.165) is 6.08 Å². The predicted octanol–water partition coefficient (Wildman–Crippen LogP) is 1.33. The van der Waals surface area contributed by atoms with Crippen molar-refractivity contribution in [1.29, 1.82) is 0 Å². The molecule has 0 amide bonds. The van der Waals surface area contributed by atoms with E-state index in [2.05, 4.69) is 6.58 Å². The summed E-state index contributed by atoms with van der Waals surface area (Å²) in [5.41, 5.74) is 0. The number of unbranched alkanes of at least 4 members (excludes halogenated alkanes) is 1. The molecule has 0 aliphatic carbocycles. The first kappa shape index (κ1) is 28.5. The van der Waals surface area contributed by atoms with Crippen LogP contribution in [0.3, 0.4) is 0 Å². The van der Waals surface area contributed by atoms with Crippen LogP contribution < -0.4 is 0 Å². The molecule has 10 heteroatoms. The molecule has 0 aromatic rings. The Morgan fingerprint density at radius 2 is 1.48 bits per heavy atom. The number of hydrogen-bond acceptors (Lipinski definition) is 10. The van der Waals surface area contributed by atoms with Crippen LogP contribution in [0, 0.1) is 5.92 Å². The second-order valence-corrected chi connectivity index (χ2v) is 6.69. The first-order chi connectivity index (χ1) is 14.8. The minimum absolute atomic E-state index is 0.0167. The maximum absolute atomic E-state index is 11.6. The Hall–Kier alpha value is -2.46. The van der Waals surface area contributed by atoms with Gasteiger partial charge in [0.1, 0.15) is 25.9 Å². The monoisotopic (exact) mass is 446 g/mol. The number of aliphatic hydroxyl groups is 1. The number of carbonyl (C=O) groups excluding carboxylic acids is 4. The van der Waals surface area contributed by atoms with Gasteiger partial charge in [-0.3, -0.25) is 14.4 Å². The van der Waals surface area contributed by atoms with Crippen LogP contribution >= 0.6 is 0 Å². The summed E-state index contributed by atoms with van der Waals surface area (Å²) in [6.07, 6.45) is 1.64. The zero-order valence-electron chi connectivity index (χ0n) is 18.3. The first-order valence-corrected chi connectivity index (χ1v) is 10.3. The minimum atomic E-state index is -0.991. The van der Waals surface area contributed by atoms with Crippen molar-refractivity contribution < 1.29 is 48.0 Å². The molecule has 0 aromatic heterocycles. The second kappa shape index (κ2) is 18.3. The molecule has 2 atom stereocenters. The third-order valence-corrected chi connectivity index (χ3v) is 3.98. The van der Waals surface area contributed by atoms with Crippen molar-refractivity contribution in [2.75, 3.05) is 39.6 Å². The van der Waals surface area contributed by atoms with Gasteiger partial charge in [0.2, 0.25) is 0 Å². The van der Waals surface area contributed by atoms with Gasteiger partial charge in [0.25, 0.3) is 0 Å². The average molecular weight is 446 g/mol. The fourth-order valence-electron chi connectivity index (χ4n) is 1.95. The number of rotatable bonds is 18. The fraction of sp³-hybridized carbons (Fsp3) is 0.714. The van der Waals surface area contributed by atoms with Crippen molar-refractivity contribution in [3.8, 4) is 0 Å². The molecule has 0 heterocycles. The number of ether oxygens (including phenoxy) is 5. The summed E-state index contributed by atoms with van der Waals surface area (Å²) in [6, 6.07) is 0. The van der Waals surface area contributed by atoms with Crippen LogP contribution in [0.1, 0.15) is 46.0 Å². The fourth-order valence-corrected chi connectivity index (χ4v) is 1.95. The average Bonchev–Trinajstić information content (AvgIpc) is 2.77. The van der Waals surface area contributed by atoms with Gasteiger partial charge in [0, 0.05) is 12.7 Å². The Kier molecular flexibility index (Phi) is 16.9. The van der Waals surface area contributed by atoms with E-state index in [0.29, 0.717) is 25.9 Å². The van der Waals surface area contributed by atoms with E-state index in [1.54, 1.807) is 6.92 Å². The summed E-state index contributed by atoms with van der Waals surface area (Å²) in [7, 11) is 0. The van der Waals surface area contributed by atoms with E-state index >= 15 is 0 Å². The zero-order valence-corrected chi connectivity index (χ0v) is 18.3. The highest BCUT2D eigenvalue weighted by Gasteiger charge is 2.14. The maximum Gasteiger partial charge on any atom is 0.330 e. The molecule has 0 radical (unpaired) electrons. The SMILES string of the molecule is C=CC(=O)OCCCCOCC(O)COC(=O)CCC(=O)OCCOC(=O)C(C)CC. The molecule has 0 saturated heterocycles. The van der Waals surface area contributed by atoms with Crippen molar-refractivity contribution in [3.63, 3.8) is 0 Å². The van der Waals surface area contributed by atoms with Crippen molar-refractivity contribution in [1.82, 2.24) is 0 Å². The highest BCUT2D eigenvalue weighted by molar-refractivity contribution is 5.81. The van der Waals surface area contributed by atoms with Crippen LogP contribution in [0.15, 0.2) is 12.7 Å². The van der Waals surface area contributed by atoms with E-state index in [9.17, 15) is 24.3 Å². The van der Waals surface area contributed by atoms with Crippen LogP contribution in [-0.2, 0) is 42.9 Å². The van der Waals surface area contributed by atoms with Gasteiger partial charge < -0.3 is 28.8 Å². The Labute approximate surface area is 182 Å². The van der Waals surface area contributed by atoms with Crippen LogP contribution in [0.5, 0.6) is 0 Å². The van der Waals surface area contributed by atoms with E-state index in [1.807, 2.05) is 6.92 Å². The van der Waals surface area contributed by atoms with Crippen LogP contribution in [0.25, 0.3) is 0 Å². The van der Waals surface area contributed by atoms with Gasteiger partial charge in [-0.25, -0.2) is 4.79 Å². The molecule has 1 N–H and O–H groups in total. The number of carbonyl (C=O) groups is 4. The molecule has 0 saturated carbocycles. The van der Waals surface area contributed by atoms with Gasteiger partial charge in [0.15, 0.2) is 0 Å². The summed E-state index contributed by atoms with van der Waals surface area (Å²) in [4.78, 5) is 45.4. The Morgan fingerprint density at radius 3 is 2.13 bits per heavy atom. The van der Waals surface area contributed by atoms with E-state index in [1.165, 1.54) is 0 Å². The van der Waals surface area contributed by atoms with E-state index in [4.69, 9.17) is 23.7 Å². The van der Waals surface area contributed by atoms with Gasteiger partial charge in [-0.15, -0.1) is 0 Å². The Bertz CT molecular complexity index is 560. The molecular formula is C21H34O10. The molecule has 2 unspecified atom stereocenters. The predicted molar refractivity (Wildman–Crippen MR) is 109 cm³/mol. The van der Waals surface area contributed by atoms with Gasteiger partial charge >= 0.3 is 23.9 Å². The summed E-state index contributed by atoms with van der Waals surface area (Å²) in [5, 5.41) is 9.71. The molecule has 178 valence electrons. The molecular weight excluding hydrogens is 412 g/mol. The third-order valence-electron chi connectivity index (χ3n) is 3.98. The van der Waals surface area contributed by atoms with Crippen LogP contribution in [-0.4, -0.2) is 74.7 Å². The third kappa shape index (κ3) is 17.0. The summed E-state index contributed by atoms with van der Waals surface area (Å²) in [5.74, 6) is -2.30. The summed E-state index contributed by atoms with van der Waals surface area (Å²) < 4.78 is 24.7. The van der Waals surface area contributed by atoms with Crippen molar-refractivity contribution in [3.05, 3.63) is 12.7 Å². The lowest BCUT2D eigenvalue weighted by atomic mass is 10.1. The quantitative estimate of drug-likeness (QED) is 0.142. The van der Waals surface area contributed by atoms with Gasteiger partial charge in [-0.1, -0.05) is 20.4 Å². The van der Waals surface area contributed by atoms with Gasteiger partial charge in [-0.05, 0) is 19.3 Å². The standard InChI is InChI=1S/C21H34O10/c1-4-16(3)21(26)30-13-12-29-19(24)8-9-20(25)31-15-17(22)14-27-10-6-7-11-28-18(23)5-2/h5,16-17,22H,2,4,6-15H2,1,3H3. The van der Waals surface area contributed by atoms with E-state index < -0.39 is 24.0 Å². The summed E-state index contributed by atoms with van der Waals surface area (Å²) in [6.45, 7) is 7.13. The van der Waals surface area contributed by atoms with Crippen molar-refractivity contribution in [2.24, 2.45) is 5.92 Å². The maximum atomic E-state index is 11.6. The van der Waals surface area contributed by atoms with Gasteiger partial charge in [0.05, 0.1) is 32.0 Å². The molecule has 0 rings (SSSR count). The lowest BCUT2D eigenvalue weighted by Gasteiger charge is -2.12. The Balaban J connectivity index is 3.64. The number of hydrogen-bond donors (Lipinski definition) is 1. The Morgan fingerprint density at radius 1 is 0.871 bits per heavy atom. The smallest absolute Gasteiger partial charge is 0.330 e. The molecule has 0 bridgehead atoms. The zero-order chi connectivity index (χ0) is 23.5. The first-order valence-electron chi connectivity index (χ1n) is 10.3.